The second-order valence-corrected chi connectivity index (χ2v) is 5.06. The van der Waals surface area contributed by atoms with Crippen molar-refractivity contribution in [2.24, 2.45) is 0 Å². The van der Waals surface area contributed by atoms with Gasteiger partial charge in [-0.15, -0.1) is 0 Å². The monoisotopic (exact) mass is 208 g/mol. The quantitative estimate of drug-likeness (QED) is 0.717. The van der Waals surface area contributed by atoms with Crippen LogP contribution in [0.25, 0.3) is 0 Å². The van der Waals surface area contributed by atoms with Gasteiger partial charge >= 0.3 is 0 Å². The van der Waals surface area contributed by atoms with E-state index in [1.54, 1.807) is 0 Å². The zero-order valence-corrected chi connectivity index (χ0v) is 10.7. The van der Waals surface area contributed by atoms with Gasteiger partial charge in [-0.3, -0.25) is 0 Å². The highest BCUT2D eigenvalue weighted by molar-refractivity contribution is 5.12. The second-order valence-electron chi connectivity index (χ2n) is 5.06. The predicted molar refractivity (Wildman–Crippen MR) is 65.2 cm³/mol. The third kappa shape index (κ3) is 2.61. The summed E-state index contributed by atoms with van der Waals surface area (Å²) < 4.78 is 2.34. The zero-order valence-electron chi connectivity index (χ0n) is 10.7. The van der Waals surface area contributed by atoms with Gasteiger partial charge in [0.05, 0.1) is 6.33 Å². The molecule has 0 aliphatic heterocycles. The van der Waals surface area contributed by atoms with Crippen LogP contribution in [0, 0.1) is 0 Å². The van der Waals surface area contributed by atoms with Crippen molar-refractivity contribution in [1.82, 2.24) is 9.55 Å². The van der Waals surface area contributed by atoms with Crippen LogP contribution in [0.3, 0.4) is 0 Å². The minimum absolute atomic E-state index is 0.235. The fraction of sp³-hybridized carbons (Fsp3) is 0.769. The van der Waals surface area contributed by atoms with E-state index in [0.717, 1.165) is 6.42 Å². The summed E-state index contributed by atoms with van der Waals surface area (Å²) in [6.45, 7) is 11.3. The average molecular weight is 208 g/mol. The van der Waals surface area contributed by atoms with Gasteiger partial charge in [-0.05, 0) is 19.8 Å². The summed E-state index contributed by atoms with van der Waals surface area (Å²) in [5, 5.41) is 0. The molecule has 0 amide bonds. The Bertz CT molecular complexity index is 299. The molecular formula is C13H24N2. The normalized spacial score (nSPS) is 14.2. The van der Waals surface area contributed by atoms with Crippen LogP contribution in [0.4, 0.5) is 0 Å². The first kappa shape index (κ1) is 12.3. The molecule has 0 aliphatic rings. The van der Waals surface area contributed by atoms with E-state index in [0.29, 0.717) is 6.04 Å². The second kappa shape index (κ2) is 4.82. The van der Waals surface area contributed by atoms with Crippen molar-refractivity contribution in [2.75, 3.05) is 0 Å². The van der Waals surface area contributed by atoms with E-state index in [9.17, 15) is 0 Å². The van der Waals surface area contributed by atoms with Crippen LogP contribution in [0.5, 0.6) is 0 Å². The third-order valence-electron chi connectivity index (χ3n) is 3.42. The molecule has 2 heteroatoms. The SMILES string of the molecule is CCCC(C)n1cncc1C(C)(C)CC. The lowest BCUT2D eigenvalue weighted by Crippen LogP contribution is -2.22. The molecule has 86 valence electrons. The van der Waals surface area contributed by atoms with Crippen molar-refractivity contribution in [3.63, 3.8) is 0 Å². The molecule has 0 aromatic carbocycles. The van der Waals surface area contributed by atoms with Crippen molar-refractivity contribution < 1.29 is 0 Å². The smallest absolute Gasteiger partial charge is 0.0950 e. The lowest BCUT2D eigenvalue weighted by atomic mass is 9.86. The number of nitrogens with zero attached hydrogens (tertiary/aromatic N) is 2. The molecule has 0 bridgehead atoms. The van der Waals surface area contributed by atoms with E-state index < -0.39 is 0 Å². The molecule has 1 aromatic rings. The predicted octanol–water partition coefficient (Wildman–Crippen LogP) is 3.93. The van der Waals surface area contributed by atoms with Gasteiger partial charge < -0.3 is 4.57 Å². The van der Waals surface area contributed by atoms with E-state index in [4.69, 9.17) is 0 Å². The van der Waals surface area contributed by atoms with Crippen molar-refractivity contribution in [2.45, 2.75) is 65.3 Å². The largest absolute Gasteiger partial charge is 0.331 e. The number of hydrogen-bond acceptors (Lipinski definition) is 1. The fourth-order valence-corrected chi connectivity index (χ4v) is 1.92. The summed E-state index contributed by atoms with van der Waals surface area (Å²) in [6, 6.07) is 0.568. The first-order valence-corrected chi connectivity index (χ1v) is 6.05. The Kier molecular flexibility index (Phi) is 3.95. The molecule has 1 rings (SSSR count). The van der Waals surface area contributed by atoms with Crippen LogP contribution in [0.1, 0.15) is 65.6 Å². The molecule has 0 saturated carbocycles. The number of imidazole rings is 1. The van der Waals surface area contributed by atoms with Crippen LogP contribution in [0.15, 0.2) is 12.5 Å². The molecule has 0 N–H and O–H groups in total. The van der Waals surface area contributed by atoms with Crippen molar-refractivity contribution >= 4 is 0 Å². The maximum Gasteiger partial charge on any atom is 0.0950 e. The minimum atomic E-state index is 0.235. The summed E-state index contributed by atoms with van der Waals surface area (Å²) in [6.07, 6.45) is 7.61. The summed E-state index contributed by atoms with van der Waals surface area (Å²) in [5.41, 5.74) is 1.60. The first-order chi connectivity index (χ1) is 7.03. The summed E-state index contributed by atoms with van der Waals surface area (Å²) >= 11 is 0. The minimum Gasteiger partial charge on any atom is -0.331 e. The maximum absolute atomic E-state index is 4.30. The van der Waals surface area contributed by atoms with Crippen LogP contribution < -0.4 is 0 Å². The molecule has 0 fully saturated rings. The van der Waals surface area contributed by atoms with Gasteiger partial charge in [-0.1, -0.05) is 34.1 Å². The Hall–Kier alpha value is -0.790. The molecule has 1 heterocycles. The summed E-state index contributed by atoms with van der Waals surface area (Å²) in [5.74, 6) is 0. The molecule has 0 aliphatic carbocycles. The van der Waals surface area contributed by atoms with Gasteiger partial charge in [-0.2, -0.15) is 0 Å². The summed E-state index contributed by atoms with van der Waals surface area (Å²) in [4.78, 5) is 4.30. The molecule has 1 unspecified atom stereocenters. The molecule has 1 aromatic heterocycles. The number of rotatable bonds is 5. The standard InChI is InChI=1S/C13H24N2/c1-6-8-11(3)15-10-14-9-12(15)13(4,5)7-2/h9-11H,6-8H2,1-5H3. The molecule has 0 radical (unpaired) electrons. The van der Waals surface area contributed by atoms with Crippen molar-refractivity contribution in [3.8, 4) is 0 Å². The Morgan fingerprint density at radius 2 is 2.07 bits per heavy atom. The molecule has 2 nitrogen and oxygen atoms in total. The van der Waals surface area contributed by atoms with E-state index in [1.165, 1.54) is 18.5 Å². The van der Waals surface area contributed by atoms with Crippen LogP contribution in [-0.4, -0.2) is 9.55 Å². The topological polar surface area (TPSA) is 17.8 Å². The van der Waals surface area contributed by atoms with Crippen LogP contribution in [0.2, 0.25) is 0 Å². The van der Waals surface area contributed by atoms with E-state index in [2.05, 4.69) is 44.2 Å². The van der Waals surface area contributed by atoms with Crippen molar-refractivity contribution in [1.29, 1.82) is 0 Å². The van der Waals surface area contributed by atoms with Crippen LogP contribution in [-0.2, 0) is 5.41 Å². The Morgan fingerprint density at radius 3 is 2.60 bits per heavy atom. The highest BCUT2D eigenvalue weighted by Gasteiger charge is 2.23. The Morgan fingerprint density at radius 1 is 1.40 bits per heavy atom. The molecule has 0 saturated heterocycles. The van der Waals surface area contributed by atoms with E-state index >= 15 is 0 Å². The highest BCUT2D eigenvalue weighted by atomic mass is 15.1. The number of hydrogen-bond donors (Lipinski definition) is 0. The van der Waals surface area contributed by atoms with E-state index in [-0.39, 0.29) is 5.41 Å². The van der Waals surface area contributed by atoms with Gasteiger partial charge in [-0.25, -0.2) is 4.98 Å². The summed E-state index contributed by atoms with van der Waals surface area (Å²) in [7, 11) is 0. The fourth-order valence-electron chi connectivity index (χ4n) is 1.92. The van der Waals surface area contributed by atoms with Gasteiger partial charge in [0.2, 0.25) is 0 Å². The third-order valence-corrected chi connectivity index (χ3v) is 3.42. The highest BCUT2D eigenvalue weighted by Crippen LogP contribution is 2.29. The van der Waals surface area contributed by atoms with Gasteiger partial charge in [0.25, 0.3) is 0 Å². The van der Waals surface area contributed by atoms with Crippen LogP contribution >= 0.6 is 0 Å². The Balaban J connectivity index is 2.96. The lowest BCUT2D eigenvalue weighted by Gasteiger charge is -2.27. The molecule has 0 spiro atoms. The Labute approximate surface area is 93.7 Å². The van der Waals surface area contributed by atoms with Crippen molar-refractivity contribution in [3.05, 3.63) is 18.2 Å². The zero-order chi connectivity index (χ0) is 11.5. The van der Waals surface area contributed by atoms with Gasteiger partial charge in [0, 0.05) is 23.3 Å². The van der Waals surface area contributed by atoms with Gasteiger partial charge in [0.15, 0.2) is 0 Å². The van der Waals surface area contributed by atoms with E-state index in [1.807, 2.05) is 12.5 Å². The first-order valence-electron chi connectivity index (χ1n) is 6.05. The maximum atomic E-state index is 4.30. The molecular weight excluding hydrogens is 184 g/mol. The average Bonchev–Trinajstić information content (AvgIpc) is 2.67. The molecule has 1 atom stereocenters. The molecule has 15 heavy (non-hydrogen) atoms. The lowest BCUT2D eigenvalue weighted by molar-refractivity contribution is 0.413. The number of aromatic nitrogens is 2. The van der Waals surface area contributed by atoms with Gasteiger partial charge in [0.1, 0.15) is 0 Å².